The molecule has 4 aliphatic rings. The smallest absolute Gasteiger partial charge is 0.332 e. The predicted molar refractivity (Wildman–Crippen MR) is 233 cm³/mol. The maximum Gasteiger partial charge on any atom is 0.332 e. The molecular weight excluding hydrogens is 829 g/mol. The molecule has 1 aromatic rings. The second-order valence-corrected chi connectivity index (χ2v) is 16.7. The van der Waals surface area contributed by atoms with Gasteiger partial charge in [-0.15, -0.1) is 0 Å². The molecule has 18 nitrogen and oxygen atoms in total. The van der Waals surface area contributed by atoms with E-state index in [9.17, 15) is 43.5 Å². The molecule has 1 saturated heterocycles. The van der Waals surface area contributed by atoms with Gasteiger partial charge >= 0.3 is 11.9 Å². The minimum atomic E-state index is -1.74. The summed E-state index contributed by atoms with van der Waals surface area (Å²) in [4.78, 5) is 112. The molecule has 64 heavy (non-hydrogen) atoms. The maximum atomic E-state index is 15.0. The molecule has 6 N–H and O–H groups in total. The second kappa shape index (κ2) is 23.6. The Morgan fingerprint density at radius 1 is 0.797 bits per heavy atom. The number of rotatable bonds is 6. The molecule has 4 bridgehead atoms. The molecule has 11 atom stereocenters. The Labute approximate surface area is 374 Å². The van der Waals surface area contributed by atoms with Crippen LogP contribution in [-0.2, 0) is 59.0 Å². The summed E-state index contributed by atoms with van der Waals surface area (Å²) in [5, 5.41) is 23.9. The van der Waals surface area contributed by atoms with E-state index in [-0.39, 0.29) is 18.8 Å². The van der Waals surface area contributed by atoms with Crippen LogP contribution in [0.25, 0.3) is 0 Å². The van der Waals surface area contributed by atoms with Gasteiger partial charge in [0.1, 0.15) is 49.5 Å². The van der Waals surface area contributed by atoms with Gasteiger partial charge in [0.2, 0.25) is 35.4 Å². The lowest BCUT2D eigenvalue weighted by Crippen LogP contribution is -2.62. The van der Waals surface area contributed by atoms with Crippen LogP contribution in [0.1, 0.15) is 79.7 Å². The first-order valence-electron chi connectivity index (χ1n) is 21.9. The SMILES string of the molecule is CCC1/C=C/C(=O)NCC(=O)OC[C@@H]2NC(=O)[C@@H]([C@@H](C)O)NC(=O)[C@H](Cc3ccccc3)N(C)C(=O)[C@@H](NC(=O)[C@@H]([C@@H](C)CC)NC(=O)[C@@H](C)[C@@H](C)OC2=O)C2=CC=C(CC2)O[C@@H]1C. The van der Waals surface area contributed by atoms with Gasteiger partial charge in [0.25, 0.3) is 0 Å². The minimum Gasteiger partial charge on any atom is -0.494 e. The number of fused-ring (bicyclic) bond motifs is 11. The number of allylic oxidation sites excluding steroid dienone is 3. The summed E-state index contributed by atoms with van der Waals surface area (Å²) in [6.45, 7) is 10.1. The van der Waals surface area contributed by atoms with Crippen molar-refractivity contribution < 1.29 is 57.7 Å². The zero-order valence-corrected chi connectivity index (χ0v) is 37.9. The molecule has 0 radical (unpaired) electrons. The summed E-state index contributed by atoms with van der Waals surface area (Å²) >= 11 is 0. The number of cyclic esters (lactones) is 1. The topological polar surface area (TPSA) is 248 Å². The Balaban J connectivity index is 1.94. The number of hydrogen-bond donors (Lipinski definition) is 6. The summed E-state index contributed by atoms with van der Waals surface area (Å²) < 4.78 is 17.3. The minimum absolute atomic E-state index is 0.0611. The van der Waals surface area contributed by atoms with E-state index < -0.39 is 121 Å². The number of aliphatic hydroxyl groups excluding tert-OH is 1. The number of ether oxygens (including phenoxy) is 3. The summed E-state index contributed by atoms with van der Waals surface area (Å²) in [5.41, 5.74) is 1.12. The number of aliphatic hydroxyl groups is 1. The molecule has 1 unspecified atom stereocenters. The van der Waals surface area contributed by atoms with Gasteiger partial charge in [-0.25, -0.2) is 4.79 Å². The monoisotopic (exact) mass is 892 g/mol. The van der Waals surface area contributed by atoms with Crippen LogP contribution in [0, 0.1) is 17.8 Å². The van der Waals surface area contributed by atoms with Crippen LogP contribution in [0.5, 0.6) is 0 Å². The third kappa shape index (κ3) is 13.7. The van der Waals surface area contributed by atoms with Crippen LogP contribution in [0.3, 0.4) is 0 Å². The zero-order chi connectivity index (χ0) is 47.2. The fraction of sp³-hybridized carbons (Fsp3) is 0.565. The molecule has 0 spiro atoms. The van der Waals surface area contributed by atoms with E-state index in [1.165, 1.54) is 38.8 Å². The van der Waals surface area contributed by atoms with Crippen molar-refractivity contribution in [1.82, 2.24) is 31.5 Å². The molecule has 3 heterocycles. The van der Waals surface area contributed by atoms with Gasteiger partial charge < -0.3 is 50.8 Å². The van der Waals surface area contributed by atoms with Crippen molar-refractivity contribution in [2.75, 3.05) is 20.2 Å². The van der Waals surface area contributed by atoms with Crippen molar-refractivity contribution in [2.24, 2.45) is 17.8 Å². The molecule has 3 aliphatic heterocycles. The Morgan fingerprint density at radius 2 is 1.47 bits per heavy atom. The third-order valence-electron chi connectivity index (χ3n) is 12.0. The van der Waals surface area contributed by atoms with Crippen molar-refractivity contribution in [1.29, 1.82) is 0 Å². The normalized spacial score (nSPS) is 30.2. The van der Waals surface area contributed by atoms with Crippen molar-refractivity contribution in [3.05, 3.63) is 71.5 Å². The number of carbonyl (C=O) groups is 8. The number of likely N-dealkylation sites (N-methyl/N-ethyl adjacent to an activating group) is 1. The highest BCUT2D eigenvalue weighted by Crippen LogP contribution is 2.27. The Bertz CT molecular complexity index is 1970. The van der Waals surface area contributed by atoms with Gasteiger partial charge in [-0.05, 0) is 62.8 Å². The number of benzene rings is 1. The summed E-state index contributed by atoms with van der Waals surface area (Å²) in [7, 11) is 1.39. The van der Waals surface area contributed by atoms with Gasteiger partial charge in [-0.3, -0.25) is 33.6 Å². The van der Waals surface area contributed by atoms with Crippen LogP contribution < -0.4 is 26.6 Å². The average Bonchev–Trinajstić information content (AvgIpc) is 3.27. The lowest BCUT2D eigenvalue weighted by atomic mass is 9.92. The molecule has 0 saturated carbocycles. The molecule has 0 aromatic heterocycles. The predicted octanol–water partition coefficient (Wildman–Crippen LogP) is 1.27. The number of hydrogen-bond acceptors (Lipinski definition) is 12. The van der Waals surface area contributed by atoms with E-state index in [0.717, 1.165) is 0 Å². The van der Waals surface area contributed by atoms with E-state index in [1.54, 1.807) is 55.5 Å². The van der Waals surface area contributed by atoms with Crippen LogP contribution in [0.15, 0.2) is 66.0 Å². The Hall–Kier alpha value is -6.04. The van der Waals surface area contributed by atoms with Gasteiger partial charge in [-0.2, -0.15) is 0 Å². The van der Waals surface area contributed by atoms with Gasteiger partial charge in [-0.1, -0.05) is 76.6 Å². The van der Waals surface area contributed by atoms with E-state index in [4.69, 9.17) is 14.2 Å². The summed E-state index contributed by atoms with van der Waals surface area (Å²) in [6, 6.07) is 1.47. The standard InChI is InChI=1S/C46H64N6O12/c1-9-25(3)38-43(58)51-40-32-16-19-33(20-17-32)63-29(7)31(10-2)18-21-36(54)47-23-37(55)62-24-34(46(61)64-28(6)26(4)41(56)49-38)48-44(59)39(27(5)53)50-42(57)35(52(8)45(40)60)22-30-14-12-11-13-15-30/h11-16,18-19,21,25-29,31,34-35,38-40,53H,9-10,17,20,22-24H2,1-8H3,(H,47,54)(H,48,59)(H,49,56)(H,50,57)(H,51,58)/b21-18+/t25-,26-,27+,28+,29+,31?,34-,35-,38+,39+,40-/m0/s1. The van der Waals surface area contributed by atoms with Crippen molar-refractivity contribution >= 4 is 47.4 Å². The first-order chi connectivity index (χ1) is 30.3. The van der Waals surface area contributed by atoms with Crippen LogP contribution in [0.2, 0.25) is 0 Å². The Morgan fingerprint density at radius 3 is 2.09 bits per heavy atom. The highest BCUT2D eigenvalue weighted by Gasteiger charge is 2.40. The van der Waals surface area contributed by atoms with Crippen molar-refractivity contribution in [3.63, 3.8) is 0 Å². The van der Waals surface area contributed by atoms with E-state index in [0.29, 0.717) is 36.2 Å². The summed E-state index contributed by atoms with van der Waals surface area (Å²) in [6.07, 6.45) is 4.71. The highest BCUT2D eigenvalue weighted by molar-refractivity contribution is 5.98. The molecule has 1 aliphatic carbocycles. The molecular formula is C46H64N6O12. The van der Waals surface area contributed by atoms with E-state index in [1.807, 2.05) is 20.8 Å². The Kier molecular flexibility index (Phi) is 18.7. The van der Waals surface area contributed by atoms with Gasteiger partial charge in [0.05, 0.1) is 17.8 Å². The van der Waals surface area contributed by atoms with Crippen molar-refractivity contribution in [3.8, 4) is 0 Å². The maximum absolute atomic E-state index is 15.0. The molecule has 18 heteroatoms. The first-order valence-corrected chi connectivity index (χ1v) is 21.9. The third-order valence-corrected chi connectivity index (χ3v) is 12.0. The number of carbonyl (C=O) groups excluding carboxylic acids is 8. The average molecular weight is 893 g/mol. The number of nitrogens with zero attached hydrogens (tertiary/aromatic N) is 1. The van der Waals surface area contributed by atoms with E-state index in [2.05, 4.69) is 26.6 Å². The zero-order valence-electron chi connectivity index (χ0n) is 37.9. The van der Waals surface area contributed by atoms with Crippen LogP contribution in [-0.4, -0.2) is 126 Å². The quantitative estimate of drug-likeness (QED) is 0.221. The number of amides is 6. The van der Waals surface area contributed by atoms with Gasteiger partial charge in [0, 0.05) is 25.8 Å². The molecule has 350 valence electrons. The van der Waals surface area contributed by atoms with Crippen LogP contribution >= 0.6 is 0 Å². The first kappa shape index (κ1) is 50.6. The highest BCUT2D eigenvalue weighted by atomic mass is 16.6. The number of esters is 2. The fourth-order valence-corrected chi connectivity index (χ4v) is 7.38. The van der Waals surface area contributed by atoms with Gasteiger partial charge in [0.15, 0.2) is 6.04 Å². The fourth-order valence-electron chi connectivity index (χ4n) is 7.38. The summed E-state index contributed by atoms with van der Waals surface area (Å²) in [5.74, 6) is -7.84. The number of nitrogens with one attached hydrogen (secondary N) is 5. The molecule has 1 aromatic carbocycles. The van der Waals surface area contributed by atoms with Crippen molar-refractivity contribution in [2.45, 2.75) is 129 Å². The largest absolute Gasteiger partial charge is 0.494 e. The van der Waals surface area contributed by atoms with Crippen LogP contribution in [0.4, 0.5) is 0 Å². The lowest BCUT2D eigenvalue weighted by molar-refractivity contribution is -0.160. The molecule has 5 rings (SSSR count). The van der Waals surface area contributed by atoms with E-state index >= 15 is 0 Å². The second-order valence-electron chi connectivity index (χ2n) is 16.7. The molecule has 1 fully saturated rings. The molecule has 6 amide bonds. The lowest BCUT2D eigenvalue weighted by Gasteiger charge is -2.35.